The van der Waals surface area contributed by atoms with Gasteiger partial charge in [0.1, 0.15) is 0 Å². The highest BCUT2D eigenvalue weighted by Gasteiger charge is 2.22. The number of benzene rings is 1. The Morgan fingerprint density at radius 3 is 2.32 bits per heavy atom. The largest absolute Gasteiger partial charge is 0.493 e. The van der Waals surface area contributed by atoms with Crippen molar-refractivity contribution >= 4 is 10.0 Å². The Morgan fingerprint density at radius 2 is 1.84 bits per heavy atom. The average Bonchev–Trinajstić information content (AvgIpc) is 2.43. The van der Waals surface area contributed by atoms with Crippen LogP contribution in [0.5, 0.6) is 11.5 Å². The molecular formula is C12H20N2O4S. The molecule has 1 aromatic rings. The van der Waals surface area contributed by atoms with Gasteiger partial charge in [-0.05, 0) is 39.2 Å². The van der Waals surface area contributed by atoms with Crippen LogP contribution in [-0.2, 0) is 16.4 Å². The molecule has 1 rings (SSSR count). The van der Waals surface area contributed by atoms with Gasteiger partial charge in [-0.15, -0.1) is 0 Å². The van der Waals surface area contributed by atoms with Crippen molar-refractivity contribution in [2.45, 2.75) is 11.3 Å². The van der Waals surface area contributed by atoms with Gasteiger partial charge in [0.05, 0.1) is 19.1 Å². The fourth-order valence-electron chi connectivity index (χ4n) is 1.82. The Balaban J connectivity index is 3.46. The molecule has 108 valence electrons. The first-order valence-corrected chi connectivity index (χ1v) is 7.32. The summed E-state index contributed by atoms with van der Waals surface area (Å²) in [5.41, 5.74) is 0.602. The average molecular weight is 288 g/mol. The van der Waals surface area contributed by atoms with Gasteiger partial charge < -0.3 is 14.8 Å². The zero-order chi connectivity index (χ0) is 14.5. The lowest BCUT2D eigenvalue weighted by molar-refractivity contribution is 0.350. The second kappa shape index (κ2) is 6.74. The van der Waals surface area contributed by atoms with Crippen molar-refractivity contribution in [1.29, 1.82) is 0 Å². The van der Waals surface area contributed by atoms with E-state index in [1.807, 2.05) is 0 Å². The maximum atomic E-state index is 12.0. The third kappa shape index (κ3) is 3.37. The van der Waals surface area contributed by atoms with Crippen molar-refractivity contribution in [3.8, 4) is 11.5 Å². The van der Waals surface area contributed by atoms with Crippen LogP contribution in [0.2, 0.25) is 0 Å². The Hall–Kier alpha value is -1.31. The van der Waals surface area contributed by atoms with Gasteiger partial charge >= 0.3 is 0 Å². The number of hydrogen-bond donors (Lipinski definition) is 2. The molecule has 2 N–H and O–H groups in total. The van der Waals surface area contributed by atoms with Crippen molar-refractivity contribution in [2.24, 2.45) is 0 Å². The summed E-state index contributed by atoms with van der Waals surface area (Å²) in [6, 6.07) is 3.12. The maximum Gasteiger partial charge on any atom is 0.240 e. The minimum absolute atomic E-state index is 0.211. The van der Waals surface area contributed by atoms with E-state index >= 15 is 0 Å². The summed E-state index contributed by atoms with van der Waals surface area (Å²) in [7, 11) is 2.67. The first-order chi connectivity index (χ1) is 9.01. The third-order valence-electron chi connectivity index (χ3n) is 2.79. The third-order valence-corrected chi connectivity index (χ3v) is 4.29. The van der Waals surface area contributed by atoms with E-state index in [0.29, 0.717) is 30.0 Å². The van der Waals surface area contributed by atoms with E-state index in [2.05, 4.69) is 10.0 Å². The van der Waals surface area contributed by atoms with E-state index in [9.17, 15) is 8.42 Å². The predicted octanol–water partition coefficient (Wildman–Crippen LogP) is 0.374. The topological polar surface area (TPSA) is 76.7 Å². The molecule has 0 saturated heterocycles. The molecule has 0 fully saturated rings. The zero-order valence-electron chi connectivity index (χ0n) is 11.6. The van der Waals surface area contributed by atoms with Gasteiger partial charge in [-0.3, -0.25) is 0 Å². The Bertz CT molecular complexity index is 529. The van der Waals surface area contributed by atoms with Crippen molar-refractivity contribution in [3.05, 3.63) is 17.7 Å². The first-order valence-electron chi connectivity index (χ1n) is 5.83. The molecule has 0 saturated carbocycles. The Kier molecular flexibility index (Phi) is 5.59. The lowest BCUT2D eigenvalue weighted by atomic mass is 10.1. The number of hydrogen-bond acceptors (Lipinski definition) is 5. The molecule has 0 unspecified atom stereocenters. The maximum absolute atomic E-state index is 12.0. The summed E-state index contributed by atoms with van der Waals surface area (Å²) < 4.78 is 36.9. The molecule has 1 aromatic carbocycles. The molecule has 0 amide bonds. The Morgan fingerprint density at radius 1 is 1.16 bits per heavy atom. The lowest BCUT2D eigenvalue weighted by Gasteiger charge is -2.16. The highest BCUT2D eigenvalue weighted by Crippen LogP contribution is 2.35. The second-order valence-electron chi connectivity index (χ2n) is 3.84. The molecule has 19 heavy (non-hydrogen) atoms. The van der Waals surface area contributed by atoms with E-state index in [1.165, 1.54) is 27.3 Å². The van der Waals surface area contributed by atoms with Gasteiger partial charge in [0.25, 0.3) is 0 Å². The molecular weight excluding hydrogens is 268 g/mol. The molecule has 0 aliphatic heterocycles. The highest BCUT2D eigenvalue weighted by atomic mass is 32.2. The fourth-order valence-corrected chi connectivity index (χ4v) is 2.81. The van der Waals surface area contributed by atoms with Crippen molar-refractivity contribution in [1.82, 2.24) is 10.0 Å². The monoisotopic (exact) mass is 288 g/mol. The van der Waals surface area contributed by atoms with Crippen LogP contribution in [0.3, 0.4) is 0 Å². The standard InChI is InChI=1S/C12H20N2O4S/c1-13-8-7-9-11(19(15,16)14-2)6-5-10(17-3)12(9)18-4/h5-6,13-14H,7-8H2,1-4H3. The highest BCUT2D eigenvalue weighted by molar-refractivity contribution is 7.89. The van der Waals surface area contributed by atoms with Gasteiger partial charge in [0.15, 0.2) is 11.5 Å². The molecule has 0 bridgehead atoms. The normalized spacial score (nSPS) is 11.4. The lowest BCUT2D eigenvalue weighted by Crippen LogP contribution is -2.22. The van der Waals surface area contributed by atoms with Crippen LogP contribution < -0.4 is 19.5 Å². The van der Waals surface area contributed by atoms with Crippen LogP contribution in [-0.4, -0.2) is 43.3 Å². The van der Waals surface area contributed by atoms with E-state index in [-0.39, 0.29) is 4.90 Å². The molecule has 0 radical (unpaired) electrons. The SMILES string of the molecule is CNCCc1c(S(=O)(=O)NC)ccc(OC)c1OC. The molecule has 0 aliphatic carbocycles. The minimum Gasteiger partial charge on any atom is -0.493 e. The molecule has 7 heteroatoms. The van der Waals surface area contributed by atoms with Crippen LogP contribution in [0.4, 0.5) is 0 Å². The van der Waals surface area contributed by atoms with Crippen molar-refractivity contribution < 1.29 is 17.9 Å². The smallest absolute Gasteiger partial charge is 0.240 e. The van der Waals surface area contributed by atoms with Crippen LogP contribution in [0.25, 0.3) is 0 Å². The van der Waals surface area contributed by atoms with Crippen LogP contribution in [0.15, 0.2) is 17.0 Å². The van der Waals surface area contributed by atoms with E-state index in [0.717, 1.165) is 0 Å². The number of ether oxygens (including phenoxy) is 2. The predicted molar refractivity (Wildman–Crippen MR) is 73.4 cm³/mol. The van der Waals surface area contributed by atoms with Crippen molar-refractivity contribution in [2.75, 3.05) is 34.9 Å². The number of likely N-dealkylation sites (N-methyl/N-ethyl adjacent to an activating group) is 1. The van der Waals surface area contributed by atoms with Gasteiger partial charge in [0, 0.05) is 5.56 Å². The molecule has 0 aliphatic rings. The number of nitrogens with one attached hydrogen (secondary N) is 2. The Labute approximate surface area is 114 Å². The number of rotatable bonds is 7. The summed E-state index contributed by atoms with van der Waals surface area (Å²) in [6.07, 6.45) is 0.521. The molecule has 0 aromatic heterocycles. The minimum atomic E-state index is -3.53. The number of sulfonamides is 1. The van der Waals surface area contributed by atoms with Crippen molar-refractivity contribution in [3.63, 3.8) is 0 Å². The quantitative estimate of drug-likeness (QED) is 0.758. The molecule has 6 nitrogen and oxygen atoms in total. The molecule has 0 heterocycles. The fraction of sp³-hybridized carbons (Fsp3) is 0.500. The zero-order valence-corrected chi connectivity index (χ0v) is 12.4. The van der Waals surface area contributed by atoms with Crippen LogP contribution in [0.1, 0.15) is 5.56 Å². The van der Waals surface area contributed by atoms with E-state index in [4.69, 9.17) is 9.47 Å². The summed E-state index contributed by atoms with van der Waals surface area (Å²) >= 11 is 0. The van der Waals surface area contributed by atoms with Crippen LogP contribution >= 0.6 is 0 Å². The first kappa shape index (κ1) is 15.7. The summed E-state index contributed by atoms with van der Waals surface area (Å²) in [5.74, 6) is 0.970. The summed E-state index contributed by atoms with van der Waals surface area (Å²) in [6.45, 7) is 0.635. The van der Waals surface area contributed by atoms with Gasteiger partial charge in [-0.2, -0.15) is 0 Å². The number of methoxy groups -OCH3 is 2. The second-order valence-corrected chi connectivity index (χ2v) is 5.69. The molecule has 0 atom stereocenters. The molecule has 0 spiro atoms. The van der Waals surface area contributed by atoms with Gasteiger partial charge in [0.2, 0.25) is 10.0 Å². The van der Waals surface area contributed by atoms with Crippen LogP contribution in [0, 0.1) is 0 Å². The van der Waals surface area contributed by atoms with E-state index < -0.39 is 10.0 Å². The van der Waals surface area contributed by atoms with E-state index in [1.54, 1.807) is 13.1 Å². The van der Waals surface area contributed by atoms with Gasteiger partial charge in [-0.25, -0.2) is 13.1 Å². The summed E-state index contributed by atoms with van der Waals surface area (Å²) in [5, 5.41) is 2.99. The van der Waals surface area contributed by atoms with Gasteiger partial charge in [-0.1, -0.05) is 0 Å². The summed E-state index contributed by atoms with van der Waals surface area (Å²) in [4.78, 5) is 0.211.